The molecule has 0 radical (unpaired) electrons. The van der Waals surface area contributed by atoms with Gasteiger partial charge in [-0.3, -0.25) is 20.4 Å². The van der Waals surface area contributed by atoms with E-state index in [1.54, 1.807) is 29.3 Å². The van der Waals surface area contributed by atoms with Crippen LogP contribution in [-0.4, -0.2) is 45.9 Å². The first-order chi connectivity index (χ1) is 17.0. The zero-order valence-electron chi connectivity index (χ0n) is 18.7. The molecule has 0 saturated carbocycles. The predicted octanol–water partition coefficient (Wildman–Crippen LogP) is 3.93. The minimum atomic E-state index is -0.800. The maximum absolute atomic E-state index is 14.6. The van der Waals surface area contributed by atoms with E-state index >= 15 is 0 Å². The Balaban J connectivity index is 1.32. The number of halogens is 1. The van der Waals surface area contributed by atoms with Gasteiger partial charge in [0.25, 0.3) is 0 Å². The number of imide groups is 1. The fourth-order valence-electron chi connectivity index (χ4n) is 3.44. The molecule has 0 bridgehead atoms. The number of pyridine rings is 2. The van der Waals surface area contributed by atoms with E-state index in [-0.39, 0.29) is 35.5 Å². The second-order valence-electron chi connectivity index (χ2n) is 7.75. The van der Waals surface area contributed by atoms with Gasteiger partial charge in [0.05, 0.1) is 6.42 Å². The smallest absolute Gasteiger partial charge is 0.325 e. The van der Waals surface area contributed by atoms with E-state index in [0.29, 0.717) is 18.8 Å². The van der Waals surface area contributed by atoms with E-state index in [2.05, 4.69) is 25.9 Å². The lowest BCUT2D eigenvalue weighted by Crippen LogP contribution is -2.35. The van der Waals surface area contributed by atoms with Crippen molar-refractivity contribution in [1.82, 2.24) is 20.2 Å². The first-order valence-corrected chi connectivity index (χ1v) is 11.0. The number of anilines is 2. The lowest BCUT2D eigenvalue weighted by molar-refractivity contribution is -0.119. The lowest BCUT2D eigenvalue weighted by atomic mass is 10.2. The zero-order valence-corrected chi connectivity index (χ0v) is 18.7. The molecule has 3 N–H and O–H groups in total. The summed E-state index contributed by atoms with van der Waals surface area (Å²) < 4.78 is 20.2. The van der Waals surface area contributed by atoms with Crippen molar-refractivity contribution in [3.05, 3.63) is 72.4 Å². The van der Waals surface area contributed by atoms with Gasteiger partial charge in [-0.1, -0.05) is 6.07 Å². The average molecular weight is 478 g/mol. The largest absolute Gasteiger partial charge is 0.454 e. The van der Waals surface area contributed by atoms with Crippen molar-refractivity contribution in [1.29, 1.82) is 0 Å². The molecule has 11 heteroatoms. The van der Waals surface area contributed by atoms with Gasteiger partial charge in [-0.05, 0) is 43.2 Å². The third-order valence-corrected chi connectivity index (χ3v) is 5.10. The van der Waals surface area contributed by atoms with E-state index in [9.17, 15) is 18.8 Å². The Bertz CT molecular complexity index is 1220. The molecule has 3 aromatic rings. The molecule has 0 atom stereocenters. The summed E-state index contributed by atoms with van der Waals surface area (Å²) in [6, 6.07) is 10.9. The van der Waals surface area contributed by atoms with Gasteiger partial charge in [0.2, 0.25) is 5.91 Å². The molecular weight excluding hydrogens is 455 g/mol. The van der Waals surface area contributed by atoms with Gasteiger partial charge in [-0.15, -0.1) is 0 Å². The molecule has 5 amide bonds. The summed E-state index contributed by atoms with van der Waals surface area (Å²) in [7, 11) is 0. The third kappa shape index (κ3) is 6.73. The van der Waals surface area contributed by atoms with Gasteiger partial charge in [0.15, 0.2) is 11.6 Å². The van der Waals surface area contributed by atoms with E-state index in [1.165, 1.54) is 30.5 Å². The monoisotopic (exact) mass is 478 g/mol. The van der Waals surface area contributed by atoms with Gasteiger partial charge >= 0.3 is 12.1 Å². The molecule has 0 unspecified atom stereocenters. The standard InChI is InChI=1S/C24H23FN6O4/c25-19-13-17(28-23(33)30-22(32)14-16-5-1-2-9-26-16)6-7-20(19)35-18-8-10-27-21(15-18)29-24(34)31-11-3-4-12-31/h1-2,5-10,13,15H,3-4,11-12,14H2,(H,27,29,34)(H2,28,30,32,33). The molecule has 10 nitrogen and oxygen atoms in total. The number of urea groups is 2. The van der Waals surface area contributed by atoms with E-state index in [1.807, 2.05) is 0 Å². The summed E-state index contributed by atoms with van der Waals surface area (Å²) in [5.41, 5.74) is 0.645. The Labute approximate surface area is 200 Å². The minimum Gasteiger partial charge on any atom is -0.454 e. The molecule has 1 aliphatic rings. The number of aromatic nitrogens is 2. The second kappa shape index (κ2) is 11.1. The SMILES string of the molecule is O=C(Cc1ccccn1)NC(=O)Nc1ccc(Oc2ccnc(NC(=O)N3CCCC3)c2)c(F)c1. The number of hydrogen-bond acceptors (Lipinski definition) is 6. The minimum absolute atomic E-state index is 0.0677. The molecule has 1 fully saturated rings. The highest BCUT2D eigenvalue weighted by Gasteiger charge is 2.18. The summed E-state index contributed by atoms with van der Waals surface area (Å²) >= 11 is 0. The maximum Gasteiger partial charge on any atom is 0.325 e. The van der Waals surface area contributed by atoms with Gasteiger partial charge < -0.3 is 15.0 Å². The van der Waals surface area contributed by atoms with Crippen LogP contribution in [0.3, 0.4) is 0 Å². The van der Waals surface area contributed by atoms with Crippen LogP contribution in [0.5, 0.6) is 11.5 Å². The summed E-state index contributed by atoms with van der Waals surface area (Å²) in [5.74, 6) is -0.821. The predicted molar refractivity (Wildman–Crippen MR) is 126 cm³/mol. The summed E-state index contributed by atoms with van der Waals surface area (Å²) in [5, 5.41) is 7.27. The van der Waals surface area contributed by atoms with Crippen LogP contribution in [-0.2, 0) is 11.2 Å². The maximum atomic E-state index is 14.6. The number of nitrogens with one attached hydrogen (secondary N) is 3. The molecule has 3 heterocycles. The molecule has 1 aliphatic heterocycles. The van der Waals surface area contributed by atoms with Crippen molar-refractivity contribution in [2.24, 2.45) is 0 Å². The van der Waals surface area contributed by atoms with Crippen LogP contribution in [0.2, 0.25) is 0 Å². The number of nitrogens with zero attached hydrogens (tertiary/aromatic N) is 3. The van der Waals surface area contributed by atoms with Crippen LogP contribution in [0.1, 0.15) is 18.5 Å². The van der Waals surface area contributed by atoms with E-state index in [4.69, 9.17) is 4.74 Å². The highest BCUT2D eigenvalue weighted by atomic mass is 19.1. The molecular formula is C24H23FN6O4. The number of carbonyl (C=O) groups excluding carboxylic acids is 3. The number of ether oxygens (including phenoxy) is 1. The second-order valence-corrected chi connectivity index (χ2v) is 7.75. The Morgan fingerprint density at radius 2 is 1.80 bits per heavy atom. The van der Waals surface area contributed by atoms with Crippen molar-refractivity contribution >= 4 is 29.5 Å². The first kappa shape index (κ1) is 23.6. The van der Waals surface area contributed by atoms with Crippen molar-refractivity contribution in [2.75, 3.05) is 23.7 Å². The topological polar surface area (TPSA) is 126 Å². The Morgan fingerprint density at radius 1 is 0.971 bits per heavy atom. The summed E-state index contributed by atoms with van der Waals surface area (Å²) in [4.78, 5) is 46.1. The fraction of sp³-hybridized carbons (Fsp3) is 0.208. The Hall–Kier alpha value is -4.54. The average Bonchev–Trinajstić information content (AvgIpc) is 3.37. The Morgan fingerprint density at radius 3 is 2.54 bits per heavy atom. The van der Waals surface area contributed by atoms with Crippen LogP contribution in [0.4, 0.5) is 25.5 Å². The number of rotatable bonds is 6. The fourth-order valence-corrected chi connectivity index (χ4v) is 3.44. The summed E-state index contributed by atoms with van der Waals surface area (Å²) in [6.45, 7) is 1.40. The van der Waals surface area contributed by atoms with Crippen LogP contribution in [0, 0.1) is 5.82 Å². The van der Waals surface area contributed by atoms with E-state index < -0.39 is 17.8 Å². The van der Waals surface area contributed by atoms with Crippen LogP contribution in [0.25, 0.3) is 0 Å². The number of amides is 5. The Kier molecular flexibility index (Phi) is 7.46. The van der Waals surface area contributed by atoms with Gasteiger partial charge in [-0.2, -0.15) is 0 Å². The summed E-state index contributed by atoms with van der Waals surface area (Å²) in [6.07, 6.45) is 4.86. The van der Waals surface area contributed by atoms with Crippen molar-refractivity contribution in [3.63, 3.8) is 0 Å². The van der Waals surface area contributed by atoms with E-state index in [0.717, 1.165) is 18.9 Å². The normalized spacial score (nSPS) is 12.7. The molecule has 0 aliphatic carbocycles. The lowest BCUT2D eigenvalue weighted by Gasteiger charge is -2.16. The number of benzene rings is 1. The molecule has 35 heavy (non-hydrogen) atoms. The third-order valence-electron chi connectivity index (χ3n) is 5.10. The van der Waals surface area contributed by atoms with Crippen LogP contribution >= 0.6 is 0 Å². The van der Waals surface area contributed by atoms with Crippen molar-refractivity contribution in [3.8, 4) is 11.5 Å². The number of carbonyl (C=O) groups is 3. The molecule has 4 rings (SSSR count). The highest BCUT2D eigenvalue weighted by molar-refractivity contribution is 6.01. The van der Waals surface area contributed by atoms with Crippen LogP contribution in [0.15, 0.2) is 60.9 Å². The van der Waals surface area contributed by atoms with Gasteiger partial charge in [0.1, 0.15) is 11.6 Å². The molecule has 1 aromatic carbocycles. The van der Waals surface area contributed by atoms with Gasteiger partial charge in [-0.25, -0.2) is 19.0 Å². The first-order valence-electron chi connectivity index (χ1n) is 11.0. The van der Waals surface area contributed by atoms with Gasteiger partial charge in [0, 0.05) is 49.0 Å². The molecule has 0 spiro atoms. The highest BCUT2D eigenvalue weighted by Crippen LogP contribution is 2.27. The van der Waals surface area contributed by atoms with Crippen molar-refractivity contribution < 1.29 is 23.5 Å². The van der Waals surface area contributed by atoms with Crippen molar-refractivity contribution in [2.45, 2.75) is 19.3 Å². The molecule has 2 aromatic heterocycles. The number of hydrogen-bond donors (Lipinski definition) is 3. The zero-order chi connectivity index (χ0) is 24.6. The number of likely N-dealkylation sites (tertiary alicyclic amines) is 1. The molecule has 1 saturated heterocycles. The molecule has 180 valence electrons. The van der Waals surface area contributed by atoms with Crippen LogP contribution < -0.4 is 20.7 Å². The quantitative estimate of drug-likeness (QED) is 0.493.